The van der Waals surface area contributed by atoms with Crippen LogP contribution in [0.4, 0.5) is 0 Å². The Kier molecular flexibility index (Phi) is 4.63. The van der Waals surface area contributed by atoms with Crippen molar-refractivity contribution in [2.75, 3.05) is 0 Å². The molecular weight excluding hydrogens is 444 g/mol. The summed E-state index contributed by atoms with van der Waals surface area (Å²) in [6.45, 7) is 12.7. The summed E-state index contributed by atoms with van der Waals surface area (Å²) in [5, 5.41) is 26.2. The van der Waals surface area contributed by atoms with Gasteiger partial charge in [-0.3, -0.25) is 9.59 Å². The quantitative estimate of drug-likeness (QED) is 0.492. The van der Waals surface area contributed by atoms with Crippen LogP contribution >= 0.6 is 0 Å². The minimum Gasteiger partial charge on any atom is -0.507 e. The van der Waals surface area contributed by atoms with Crippen LogP contribution in [0.1, 0.15) is 83.4 Å². The van der Waals surface area contributed by atoms with E-state index >= 15 is 0 Å². The molecule has 2 heterocycles. The summed E-state index contributed by atoms with van der Waals surface area (Å²) in [5.41, 5.74) is 2.46. The summed E-state index contributed by atoms with van der Waals surface area (Å²) >= 11 is 0. The lowest BCUT2D eigenvalue weighted by Gasteiger charge is -2.27. The maximum atomic E-state index is 14.0. The van der Waals surface area contributed by atoms with E-state index in [2.05, 4.69) is 25.9 Å². The van der Waals surface area contributed by atoms with Gasteiger partial charge in [-0.05, 0) is 50.8 Å². The van der Waals surface area contributed by atoms with Gasteiger partial charge in [-0.25, -0.2) is 4.68 Å². The first-order chi connectivity index (χ1) is 16.3. The van der Waals surface area contributed by atoms with Gasteiger partial charge in [0.05, 0.1) is 28.2 Å². The summed E-state index contributed by atoms with van der Waals surface area (Å²) < 4.78 is 7.78. The number of hydrogen-bond donors (Lipinski definition) is 2. The van der Waals surface area contributed by atoms with Gasteiger partial charge in [0.25, 0.3) is 0 Å². The largest absolute Gasteiger partial charge is 0.507 e. The Morgan fingerprint density at radius 2 is 1.71 bits per heavy atom. The first-order valence-corrected chi connectivity index (χ1v) is 11.5. The summed E-state index contributed by atoms with van der Waals surface area (Å²) in [5.74, 6) is -1.00. The topological polar surface area (TPSA) is 102 Å². The number of fused-ring (bicyclic) bond motifs is 4. The highest BCUT2D eigenvalue weighted by atomic mass is 16.5. The second kappa shape index (κ2) is 7.07. The zero-order chi connectivity index (χ0) is 25.6. The number of Topliss-reactive ketones (excluding diaryl/α,β-unsaturated/α-hetero) is 2. The molecular formula is C28H28N2O5. The van der Waals surface area contributed by atoms with Crippen LogP contribution in [0.5, 0.6) is 17.2 Å². The normalized spacial score (nSPS) is 18.5. The zero-order valence-electron chi connectivity index (χ0n) is 20.9. The number of carbonyl (C=O) groups excluding carboxylic acids is 2. The number of allylic oxidation sites excluding steroid dienone is 1. The molecule has 1 aliphatic carbocycles. The van der Waals surface area contributed by atoms with Crippen LogP contribution in [-0.2, 0) is 10.8 Å². The number of ether oxygens (including phenoxy) is 1. The standard InChI is InChI=1S/C28H28N2O5/c1-13-23(32)21(15(3)31)25-22(24(13)33)28(7)19(35-25)12-18-20(26(28)34)14(2)29-30(18)17-10-8-16(9-11-17)27(4,5)6/h8-12,32-33H,1-7H3/t28-/m0/s1. The van der Waals surface area contributed by atoms with Gasteiger partial charge in [0.2, 0.25) is 0 Å². The third-order valence-electron chi connectivity index (χ3n) is 7.22. The van der Waals surface area contributed by atoms with Gasteiger partial charge in [-0.2, -0.15) is 5.10 Å². The second-order valence-corrected chi connectivity index (χ2v) is 10.6. The minimum atomic E-state index is -1.36. The number of phenolic OH excluding ortho intramolecular Hbond substituents is 2. The van der Waals surface area contributed by atoms with E-state index in [1.165, 1.54) is 19.4 Å². The zero-order valence-corrected chi connectivity index (χ0v) is 20.9. The van der Waals surface area contributed by atoms with E-state index in [0.29, 0.717) is 17.0 Å². The first-order valence-electron chi connectivity index (χ1n) is 11.5. The molecule has 3 aromatic rings. The minimum absolute atomic E-state index is 0.00131. The van der Waals surface area contributed by atoms with Gasteiger partial charge in [0, 0.05) is 11.6 Å². The van der Waals surface area contributed by atoms with E-state index in [1.54, 1.807) is 24.6 Å². The third kappa shape index (κ3) is 2.93. The molecule has 35 heavy (non-hydrogen) atoms. The smallest absolute Gasteiger partial charge is 0.185 e. The van der Waals surface area contributed by atoms with Gasteiger partial charge in [0.15, 0.2) is 11.6 Å². The molecule has 2 aromatic carbocycles. The molecule has 0 amide bonds. The lowest BCUT2D eigenvalue weighted by Crippen LogP contribution is -2.36. The number of nitrogens with zero attached hydrogens (tertiary/aromatic N) is 2. The Balaban J connectivity index is 1.73. The van der Waals surface area contributed by atoms with E-state index in [-0.39, 0.29) is 50.9 Å². The Hall–Kier alpha value is -3.87. The molecule has 1 aromatic heterocycles. The number of phenols is 2. The number of carbonyl (C=O) groups is 2. The van der Waals surface area contributed by atoms with Gasteiger partial charge in [-0.15, -0.1) is 0 Å². The molecule has 180 valence electrons. The fourth-order valence-electron chi connectivity index (χ4n) is 5.09. The average Bonchev–Trinajstić information content (AvgIpc) is 3.26. The number of benzene rings is 2. The number of hydrogen-bond acceptors (Lipinski definition) is 6. The summed E-state index contributed by atoms with van der Waals surface area (Å²) in [4.78, 5) is 26.4. The third-order valence-corrected chi connectivity index (χ3v) is 7.22. The number of aryl methyl sites for hydroxylation is 1. The lowest BCUT2D eigenvalue weighted by molar-refractivity contribution is 0.0905. The monoisotopic (exact) mass is 472 g/mol. The van der Waals surface area contributed by atoms with Gasteiger partial charge in [0.1, 0.15) is 34.0 Å². The summed E-state index contributed by atoms with van der Waals surface area (Å²) in [6.07, 6.45) is 1.74. The van der Waals surface area contributed by atoms with Crippen LogP contribution < -0.4 is 4.74 Å². The number of ketones is 2. The molecule has 0 unspecified atom stereocenters. The van der Waals surface area contributed by atoms with Crippen molar-refractivity contribution >= 4 is 17.6 Å². The Bertz CT molecular complexity index is 1490. The molecule has 0 radical (unpaired) electrons. The van der Waals surface area contributed by atoms with Crippen LogP contribution in [0, 0.1) is 13.8 Å². The van der Waals surface area contributed by atoms with Crippen molar-refractivity contribution in [1.82, 2.24) is 9.78 Å². The Morgan fingerprint density at radius 3 is 2.29 bits per heavy atom. The fourth-order valence-corrected chi connectivity index (χ4v) is 5.09. The maximum Gasteiger partial charge on any atom is 0.185 e. The van der Waals surface area contributed by atoms with Gasteiger partial charge in [-0.1, -0.05) is 32.9 Å². The first kappa shape index (κ1) is 22.9. The van der Waals surface area contributed by atoms with Crippen LogP contribution in [0.3, 0.4) is 0 Å². The van der Waals surface area contributed by atoms with Crippen molar-refractivity contribution in [1.29, 1.82) is 0 Å². The van der Waals surface area contributed by atoms with Crippen molar-refractivity contribution in [2.45, 2.75) is 59.3 Å². The maximum absolute atomic E-state index is 14.0. The van der Waals surface area contributed by atoms with E-state index in [4.69, 9.17) is 4.74 Å². The predicted molar refractivity (Wildman–Crippen MR) is 132 cm³/mol. The van der Waals surface area contributed by atoms with E-state index in [0.717, 1.165) is 5.69 Å². The molecule has 7 heteroatoms. The van der Waals surface area contributed by atoms with Crippen molar-refractivity contribution in [2.24, 2.45) is 0 Å². The SMILES string of the molecule is CC(=O)c1c(O)c(C)c(O)c2c1OC1=Cc3c(c(C)nn3-c3ccc(C(C)(C)C)cc3)C(=O)[C@@]12C. The molecule has 0 spiro atoms. The van der Waals surface area contributed by atoms with Crippen molar-refractivity contribution < 1.29 is 24.5 Å². The lowest BCUT2D eigenvalue weighted by atomic mass is 9.71. The van der Waals surface area contributed by atoms with Crippen molar-refractivity contribution in [3.8, 4) is 22.9 Å². The van der Waals surface area contributed by atoms with Crippen molar-refractivity contribution in [3.05, 3.63) is 69.2 Å². The molecule has 7 nitrogen and oxygen atoms in total. The molecule has 0 fully saturated rings. The second-order valence-electron chi connectivity index (χ2n) is 10.6. The molecule has 2 N–H and O–H groups in total. The molecule has 5 rings (SSSR count). The van der Waals surface area contributed by atoms with Crippen LogP contribution in [-0.4, -0.2) is 31.6 Å². The number of aromatic hydroxyl groups is 2. The molecule has 2 aliphatic rings. The van der Waals surface area contributed by atoms with Gasteiger partial charge < -0.3 is 14.9 Å². The molecule has 0 saturated heterocycles. The molecule has 1 aliphatic heterocycles. The number of rotatable bonds is 2. The van der Waals surface area contributed by atoms with Crippen LogP contribution in [0.2, 0.25) is 0 Å². The summed E-state index contributed by atoms with van der Waals surface area (Å²) in [6, 6.07) is 8.03. The highest BCUT2D eigenvalue weighted by molar-refractivity contribution is 6.14. The molecule has 0 bridgehead atoms. The highest BCUT2D eigenvalue weighted by Gasteiger charge is 2.55. The molecule has 1 atom stereocenters. The summed E-state index contributed by atoms with van der Waals surface area (Å²) in [7, 11) is 0. The van der Waals surface area contributed by atoms with Gasteiger partial charge >= 0.3 is 0 Å². The Morgan fingerprint density at radius 1 is 1.09 bits per heavy atom. The van der Waals surface area contributed by atoms with E-state index in [1.807, 2.05) is 24.3 Å². The predicted octanol–water partition coefficient (Wildman–Crippen LogP) is 5.29. The highest BCUT2D eigenvalue weighted by Crippen LogP contribution is 2.58. The van der Waals surface area contributed by atoms with E-state index < -0.39 is 11.2 Å². The number of aromatic nitrogens is 2. The van der Waals surface area contributed by atoms with Crippen LogP contribution in [0.15, 0.2) is 30.0 Å². The fraction of sp³-hybridized carbons (Fsp3) is 0.321. The Labute approximate surface area is 203 Å². The van der Waals surface area contributed by atoms with Crippen LogP contribution in [0.25, 0.3) is 11.8 Å². The van der Waals surface area contributed by atoms with E-state index in [9.17, 15) is 19.8 Å². The average molecular weight is 473 g/mol. The van der Waals surface area contributed by atoms with Crippen molar-refractivity contribution in [3.63, 3.8) is 0 Å². The molecule has 0 saturated carbocycles.